The zero-order chi connectivity index (χ0) is 26.9. The van der Waals surface area contributed by atoms with E-state index in [1.54, 1.807) is 0 Å². The predicted molar refractivity (Wildman–Crippen MR) is 165 cm³/mol. The van der Waals surface area contributed by atoms with Crippen molar-refractivity contribution in [3.8, 4) is 0 Å². The van der Waals surface area contributed by atoms with Crippen molar-refractivity contribution in [2.45, 2.75) is 187 Å². The fraction of sp³-hybridized carbons (Fsp3) is 0.912. The van der Waals surface area contributed by atoms with Gasteiger partial charge in [-0.2, -0.15) is 0 Å². The lowest BCUT2D eigenvalue weighted by atomic mass is 10.0. The lowest BCUT2D eigenvalue weighted by molar-refractivity contribution is -0.137. The third-order valence-corrected chi connectivity index (χ3v) is 7.61. The largest absolute Gasteiger partial charge is 0.481 e. The van der Waals surface area contributed by atoms with Gasteiger partial charge in [0.25, 0.3) is 0 Å². The SMILES string of the molecule is CCCCCCCCCCCCCCCCNCCCCCCCCC=CCCCCCCCC(=O)O. The molecule has 0 saturated carbocycles. The van der Waals surface area contributed by atoms with E-state index < -0.39 is 5.97 Å². The van der Waals surface area contributed by atoms with Crippen LogP contribution in [0.1, 0.15) is 187 Å². The number of unbranched alkanes of at least 4 members (excludes halogenated alkanes) is 24. The van der Waals surface area contributed by atoms with Crippen molar-refractivity contribution in [2.24, 2.45) is 0 Å². The molecule has 3 heteroatoms. The number of carboxylic acid groups (broad SMARTS) is 1. The number of carboxylic acids is 1. The molecule has 0 aromatic heterocycles. The highest BCUT2D eigenvalue weighted by Gasteiger charge is 1.97. The molecule has 37 heavy (non-hydrogen) atoms. The van der Waals surface area contributed by atoms with Crippen molar-refractivity contribution in [2.75, 3.05) is 13.1 Å². The molecular formula is C34H67NO2. The number of hydrogen-bond donors (Lipinski definition) is 2. The van der Waals surface area contributed by atoms with Gasteiger partial charge in [0.1, 0.15) is 0 Å². The average Bonchev–Trinajstić information content (AvgIpc) is 2.89. The second-order valence-electron chi connectivity index (χ2n) is 11.4. The van der Waals surface area contributed by atoms with Crippen molar-refractivity contribution in [3.63, 3.8) is 0 Å². The van der Waals surface area contributed by atoms with E-state index in [-0.39, 0.29) is 0 Å². The van der Waals surface area contributed by atoms with Crippen LogP contribution in [0, 0.1) is 0 Å². The van der Waals surface area contributed by atoms with E-state index in [0.717, 1.165) is 12.8 Å². The summed E-state index contributed by atoms with van der Waals surface area (Å²) >= 11 is 0. The Balaban J connectivity index is 3.07. The molecule has 0 heterocycles. The van der Waals surface area contributed by atoms with Crippen molar-refractivity contribution < 1.29 is 9.90 Å². The zero-order valence-corrected chi connectivity index (χ0v) is 25.2. The molecule has 0 spiro atoms. The van der Waals surface area contributed by atoms with Crippen molar-refractivity contribution in [1.29, 1.82) is 0 Å². The Morgan fingerprint density at radius 3 is 1.19 bits per heavy atom. The number of nitrogens with one attached hydrogen (secondary N) is 1. The minimum atomic E-state index is -0.662. The topological polar surface area (TPSA) is 49.3 Å². The van der Waals surface area contributed by atoms with Crippen molar-refractivity contribution in [3.05, 3.63) is 12.2 Å². The molecule has 220 valence electrons. The van der Waals surface area contributed by atoms with E-state index in [9.17, 15) is 4.79 Å². The summed E-state index contributed by atoms with van der Waals surface area (Å²) in [4.78, 5) is 10.5. The molecular weight excluding hydrogens is 454 g/mol. The van der Waals surface area contributed by atoms with Crippen LogP contribution in [-0.4, -0.2) is 24.2 Å². The molecule has 0 aromatic rings. The zero-order valence-electron chi connectivity index (χ0n) is 25.2. The molecule has 0 saturated heterocycles. The predicted octanol–water partition coefficient (Wildman–Crippen LogP) is 11.2. The number of rotatable bonds is 32. The molecule has 0 bridgehead atoms. The van der Waals surface area contributed by atoms with Gasteiger partial charge < -0.3 is 10.4 Å². The van der Waals surface area contributed by atoms with Crippen LogP contribution in [0.5, 0.6) is 0 Å². The maximum absolute atomic E-state index is 10.5. The van der Waals surface area contributed by atoms with Crippen molar-refractivity contribution >= 4 is 5.97 Å². The standard InChI is InChI=1S/C34H67NO2/c1-2-3-4-5-6-7-8-9-14-17-20-23-26-29-32-35-33-30-27-24-21-18-15-12-10-11-13-16-19-22-25-28-31-34(36)37/h10-11,35H,2-9,12-33H2,1H3,(H,36,37). The summed E-state index contributed by atoms with van der Waals surface area (Å²) in [6, 6.07) is 0. The summed E-state index contributed by atoms with van der Waals surface area (Å²) in [7, 11) is 0. The highest BCUT2D eigenvalue weighted by molar-refractivity contribution is 5.66. The Hall–Kier alpha value is -0.830. The van der Waals surface area contributed by atoms with E-state index in [0.29, 0.717) is 6.42 Å². The van der Waals surface area contributed by atoms with E-state index in [1.807, 2.05) is 0 Å². The number of aliphatic carboxylic acids is 1. The number of carbonyl (C=O) groups is 1. The Morgan fingerprint density at radius 1 is 0.486 bits per heavy atom. The lowest BCUT2D eigenvalue weighted by Crippen LogP contribution is -2.16. The Kier molecular flexibility index (Phi) is 32.5. The first kappa shape index (κ1) is 36.2. The fourth-order valence-electron chi connectivity index (χ4n) is 5.09. The molecule has 0 aliphatic heterocycles. The minimum absolute atomic E-state index is 0.330. The van der Waals surface area contributed by atoms with Gasteiger partial charge >= 0.3 is 5.97 Å². The smallest absolute Gasteiger partial charge is 0.303 e. The molecule has 0 rings (SSSR count). The second kappa shape index (κ2) is 33.2. The molecule has 0 radical (unpaired) electrons. The van der Waals surface area contributed by atoms with Crippen LogP contribution >= 0.6 is 0 Å². The first-order valence-electron chi connectivity index (χ1n) is 16.8. The van der Waals surface area contributed by atoms with Crippen LogP contribution < -0.4 is 5.32 Å². The van der Waals surface area contributed by atoms with Crippen LogP contribution in [-0.2, 0) is 4.79 Å². The fourth-order valence-corrected chi connectivity index (χ4v) is 5.09. The Bertz CT molecular complexity index is 463. The van der Waals surface area contributed by atoms with Gasteiger partial charge in [0.05, 0.1) is 0 Å². The molecule has 0 aromatic carbocycles. The first-order chi connectivity index (χ1) is 18.3. The number of hydrogen-bond acceptors (Lipinski definition) is 2. The van der Waals surface area contributed by atoms with Gasteiger partial charge in [-0.15, -0.1) is 0 Å². The van der Waals surface area contributed by atoms with Crippen LogP contribution in [0.25, 0.3) is 0 Å². The molecule has 2 N–H and O–H groups in total. The average molecular weight is 522 g/mol. The monoisotopic (exact) mass is 522 g/mol. The van der Waals surface area contributed by atoms with Crippen LogP contribution in [0.15, 0.2) is 12.2 Å². The van der Waals surface area contributed by atoms with Crippen molar-refractivity contribution in [1.82, 2.24) is 5.32 Å². The Morgan fingerprint density at radius 2 is 0.811 bits per heavy atom. The van der Waals surface area contributed by atoms with Gasteiger partial charge in [0, 0.05) is 6.42 Å². The first-order valence-corrected chi connectivity index (χ1v) is 16.8. The van der Waals surface area contributed by atoms with Crippen LogP contribution in [0.3, 0.4) is 0 Å². The van der Waals surface area contributed by atoms with E-state index in [2.05, 4.69) is 24.4 Å². The third-order valence-electron chi connectivity index (χ3n) is 7.61. The van der Waals surface area contributed by atoms with Gasteiger partial charge in [-0.3, -0.25) is 4.79 Å². The Labute approximate surface area is 233 Å². The second-order valence-corrected chi connectivity index (χ2v) is 11.4. The number of allylic oxidation sites excluding steroid dienone is 2. The highest BCUT2D eigenvalue weighted by Crippen LogP contribution is 2.13. The van der Waals surface area contributed by atoms with Gasteiger partial charge in [0.2, 0.25) is 0 Å². The summed E-state index contributed by atoms with van der Waals surface area (Å²) in [6.45, 7) is 4.72. The summed E-state index contributed by atoms with van der Waals surface area (Å²) < 4.78 is 0. The van der Waals surface area contributed by atoms with Gasteiger partial charge in [-0.25, -0.2) is 0 Å². The lowest BCUT2D eigenvalue weighted by Gasteiger charge is -2.05. The maximum atomic E-state index is 10.5. The highest BCUT2D eigenvalue weighted by atomic mass is 16.4. The summed E-state index contributed by atoms with van der Waals surface area (Å²) in [5, 5.41) is 12.3. The van der Waals surface area contributed by atoms with Crippen LogP contribution in [0.2, 0.25) is 0 Å². The molecule has 3 nitrogen and oxygen atoms in total. The van der Waals surface area contributed by atoms with Gasteiger partial charge in [-0.05, 0) is 58.0 Å². The third kappa shape index (κ3) is 35.2. The molecule has 0 amide bonds. The van der Waals surface area contributed by atoms with Gasteiger partial charge in [-0.1, -0.05) is 147 Å². The normalized spacial score (nSPS) is 11.6. The molecule has 0 unspecified atom stereocenters. The summed E-state index contributed by atoms with van der Waals surface area (Å²) in [5.74, 6) is -0.662. The molecule has 0 aliphatic carbocycles. The molecule has 0 atom stereocenters. The summed E-state index contributed by atoms with van der Waals surface area (Å²) in [5.41, 5.74) is 0. The van der Waals surface area contributed by atoms with E-state index in [1.165, 1.54) is 174 Å². The maximum Gasteiger partial charge on any atom is 0.303 e. The molecule has 0 aliphatic rings. The van der Waals surface area contributed by atoms with E-state index >= 15 is 0 Å². The van der Waals surface area contributed by atoms with Crippen LogP contribution in [0.4, 0.5) is 0 Å². The minimum Gasteiger partial charge on any atom is -0.481 e. The van der Waals surface area contributed by atoms with E-state index in [4.69, 9.17) is 5.11 Å². The molecule has 0 fully saturated rings. The van der Waals surface area contributed by atoms with Gasteiger partial charge in [0.15, 0.2) is 0 Å². The quantitative estimate of drug-likeness (QED) is 0.0683. The summed E-state index contributed by atoms with van der Waals surface area (Å²) in [6.07, 6.45) is 41.4.